The minimum atomic E-state index is -4.97. The fourth-order valence-corrected chi connectivity index (χ4v) is 5.07. The van der Waals surface area contributed by atoms with Gasteiger partial charge in [0.2, 0.25) is 0 Å². The quantitative estimate of drug-likeness (QED) is 0.163. The van der Waals surface area contributed by atoms with E-state index < -0.39 is 39.0 Å². The van der Waals surface area contributed by atoms with E-state index in [1.54, 1.807) is 4.57 Å². The van der Waals surface area contributed by atoms with Gasteiger partial charge in [-0.15, -0.1) is 23.1 Å². The van der Waals surface area contributed by atoms with Gasteiger partial charge in [-0.3, -0.25) is 9.13 Å². The van der Waals surface area contributed by atoms with E-state index in [1.807, 2.05) is 17.7 Å². The monoisotopic (exact) mass is 455 g/mol. The SMILES string of the molecule is CSc1ncnc2c1c1sccc1n2[C@@H]1O[C@H](COP(=O)([O-])O)[C@@H](O)[C@H]1O.[Na+]. The van der Waals surface area contributed by atoms with E-state index >= 15 is 0 Å². The molecule has 1 fully saturated rings. The number of aliphatic hydroxyl groups excluding tert-OH is 2. The predicted octanol–water partition coefficient (Wildman–Crippen LogP) is -2.53. The second kappa shape index (κ2) is 8.58. The van der Waals surface area contributed by atoms with E-state index in [0.717, 1.165) is 20.6 Å². The number of phosphoric ester groups is 1. The second-order valence-electron chi connectivity index (χ2n) is 5.90. The van der Waals surface area contributed by atoms with Gasteiger partial charge >= 0.3 is 29.6 Å². The summed E-state index contributed by atoms with van der Waals surface area (Å²) in [5, 5.41) is 24.2. The van der Waals surface area contributed by atoms with Crippen LogP contribution in [0.2, 0.25) is 0 Å². The molecule has 1 aliphatic heterocycles. The fraction of sp³-hybridized carbons (Fsp3) is 0.429. The van der Waals surface area contributed by atoms with Crippen molar-refractivity contribution in [3.8, 4) is 0 Å². The molecule has 1 unspecified atom stereocenters. The van der Waals surface area contributed by atoms with Crippen molar-refractivity contribution in [2.45, 2.75) is 29.6 Å². The number of hydrogen-bond acceptors (Lipinski definition) is 10. The topological polar surface area (TPSA) is 150 Å². The van der Waals surface area contributed by atoms with Gasteiger partial charge in [-0.1, -0.05) is 0 Å². The zero-order chi connectivity index (χ0) is 19.3. The largest absolute Gasteiger partial charge is 1.00 e. The molecule has 4 heterocycles. The molecule has 3 aromatic rings. The van der Waals surface area contributed by atoms with Crippen LogP contribution in [-0.4, -0.2) is 60.8 Å². The normalized spacial score (nSPS) is 27.2. The first kappa shape index (κ1) is 22.6. The molecule has 0 radical (unpaired) electrons. The summed E-state index contributed by atoms with van der Waals surface area (Å²) in [4.78, 5) is 28.2. The Morgan fingerprint density at radius 1 is 1.43 bits per heavy atom. The van der Waals surface area contributed by atoms with Crippen molar-refractivity contribution in [1.82, 2.24) is 14.5 Å². The Bertz CT molecular complexity index is 1040. The average Bonchev–Trinajstić information content (AvgIpc) is 3.27. The van der Waals surface area contributed by atoms with Gasteiger partial charge in [-0.05, 0) is 17.7 Å². The summed E-state index contributed by atoms with van der Waals surface area (Å²) in [5.41, 5.74) is 1.28. The number of phosphoric acid groups is 1. The Morgan fingerprint density at radius 2 is 2.18 bits per heavy atom. The van der Waals surface area contributed by atoms with Crippen molar-refractivity contribution in [2.75, 3.05) is 12.9 Å². The van der Waals surface area contributed by atoms with Crippen molar-refractivity contribution >= 4 is 52.2 Å². The van der Waals surface area contributed by atoms with Crippen molar-refractivity contribution in [3.63, 3.8) is 0 Å². The summed E-state index contributed by atoms with van der Waals surface area (Å²) in [5.74, 6) is 0. The number of hydrogen-bond donors (Lipinski definition) is 3. The number of thioether (sulfide) groups is 1. The zero-order valence-electron chi connectivity index (χ0n) is 14.8. The molecular formula is C14H15N3NaO7PS2. The summed E-state index contributed by atoms with van der Waals surface area (Å²) < 4.78 is 23.4. The molecule has 14 heteroatoms. The van der Waals surface area contributed by atoms with Crippen LogP contribution in [0.3, 0.4) is 0 Å². The van der Waals surface area contributed by atoms with Crippen LogP contribution in [0.5, 0.6) is 0 Å². The minimum absolute atomic E-state index is 0. The standard InChI is InChI=1S/C14H16N3O7PS2.Na/c1-26-13-8-11-6(2-3-27-11)17(12(8)15-5-16-13)14-10(19)9(18)7(24-14)4-23-25(20,21)22;/h2-3,5,7,9-10,14,18-19H,4H2,1H3,(H2,20,21,22);/q;+1/p-1/t7-,9-,10-,14-;/m1./s1. The number of fused-ring (bicyclic) bond motifs is 3. The van der Waals surface area contributed by atoms with Gasteiger partial charge in [0.1, 0.15) is 35.3 Å². The molecule has 0 saturated carbocycles. The van der Waals surface area contributed by atoms with Gasteiger partial charge in [0.05, 0.1) is 22.2 Å². The molecule has 10 nitrogen and oxygen atoms in total. The van der Waals surface area contributed by atoms with Gasteiger partial charge in [-0.25, -0.2) is 9.97 Å². The van der Waals surface area contributed by atoms with Crippen LogP contribution < -0.4 is 34.5 Å². The van der Waals surface area contributed by atoms with Gasteiger partial charge < -0.3 is 29.3 Å². The third kappa shape index (κ3) is 3.94. The van der Waals surface area contributed by atoms with Crippen LogP contribution >= 0.6 is 30.9 Å². The second-order valence-corrected chi connectivity index (χ2v) is 8.80. The summed E-state index contributed by atoms with van der Waals surface area (Å²) in [6.07, 6.45) is -1.62. The molecule has 3 aromatic heterocycles. The first-order chi connectivity index (χ1) is 12.8. The molecule has 5 atom stereocenters. The molecule has 0 aliphatic carbocycles. The van der Waals surface area contributed by atoms with Crippen LogP contribution in [0.1, 0.15) is 6.23 Å². The molecule has 0 bridgehead atoms. The third-order valence-electron chi connectivity index (χ3n) is 4.34. The Morgan fingerprint density at radius 3 is 2.86 bits per heavy atom. The molecule has 1 aliphatic rings. The number of nitrogens with zero attached hydrogens (tertiary/aromatic N) is 3. The van der Waals surface area contributed by atoms with Crippen molar-refractivity contribution in [2.24, 2.45) is 0 Å². The van der Waals surface area contributed by atoms with Crippen molar-refractivity contribution in [1.29, 1.82) is 0 Å². The van der Waals surface area contributed by atoms with E-state index in [4.69, 9.17) is 9.63 Å². The molecule has 0 amide bonds. The molecule has 3 N–H and O–H groups in total. The zero-order valence-corrected chi connectivity index (χ0v) is 19.4. The van der Waals surface area contributed by atoms with Crippen LogP contribution in [0.25, 0.3) is 21.3 Å². The molecular weight excluding hydrogens is 440 g/mol. The Labute approximate surface area is 189 Å². The summed E-state index contributed by atoms with van der Waals surface area (Å²) in [6.45, 7) is -0.622. The van der Waals surface area contributed by atoms with E-state index in [1.165, 1.54) is 29.4 Å². The summed E-state index contributed by atoms with van der Waals surface area (Å²) in [7, 11) is -4.97. The summed E-state index contributed by atoms with van der Waals surface area (Å²) >= 11 is 2.95. The molecule has 146 valence electrons. The first-order valence-electron chi connectivity index (χ1n) is 7.78. The number of aliphatic hydroxyl groups is 2. The van der Waals surface area contributed by atoms with E-state index in [0.29, 0.717) is 5.65 Å². The van der Waals surface area contributed by atoms with E-state index in [2.05, 4.69) is 14.5 Å². The maximum absolute atomic E-state index is 10.8. The van der Waals surface area contributed by atoms with E-state index in [-0.39, 0.29) is 29.6 Å². The average molecular weight is 455 g/mol. The number of thiophene rings is 1. The van der Waals surface area contributed by atoms with Crippen LogP contribution in [0.15, 0.2) is 22.8 Å². The maximum Gasteiger partial charge on any atom is 1.00 e. The van der Waals surface area contributed by atoms with Gasteiger partial charge in [0.25, 0.3) is 7.82 Å². The number of rotatable bonds is 5. The molecule has 0 aromatic carbocycles. The smallest absolute Gasteiger partial charge is 0.756 e. The maximum atomic E-state index is 10.8. The van der Waals surface area contributed by atoms with Crippen molar-refractivity contribution in [3.05, 3.63) is 17.8 Å². The van der Waals surface area contributed by atoms with Crippen molar-refractivity contribution < 1.29 is 63.4 Å². The first-order valence-corrected chi connectivity index (χ1v) is 11.4. The number of ether oxygens (including phenoxy) is 1. The molecule has 28 heavy (non-hydrogen) atoms. The van der Waals surface area contributed by atoms with Gasteiger partial charge in [0.15, 0.2) is 6.23 Å². The van der Waals surface area contributed by atoms with Gasteiger partial charge in [-0.2, -0.15) is 0 Å². The van der Waals surface area contributed by atoms with E-state index in [9.17, 15) is 19.7 Å². The Hall–Kier alpha value is -0.0800. The Kier molecular flexibility index (Phi) is 6.92. The molecule has 4 rings (SSSR count). The van der Waals surface area contributed by atoms with Crippen LogP contribution in [-0.2, 0) is 13.8 Å². The van der Waals surface area contributed by atoms with Crippen LogP contribution in [0.4, 0.5) is 0 Å². The Balaban J connectivity index is 0.00000225. The van der Waals surface area contributed by atoms with Gasteiger partial charge in [0, 0.05) is 0 Å². The minimum Gasteiger partial charge on any atom is -0.756 e. The van der Waals surface area contributed by atoms with Crippen LogP contribution in [0, 0.1) is 0 Å². The predicted molar refractivity (Wildman–Crippen MR) is 96.4 cm³/mol. The molecule has 0 spiro atoms. The number of aromatic nitrogens is 3. The molecule has 1 saturated heterocycles. The fourth-order valence-electron chi connectivity index (χ4n) is 3.20. The third-order valence-corrected chi connectivity index (χ3v) is 6.43. The summed E-state index contributed by atoms with van der Waals surface area (Å²) in [6, 6.07) is 1.84.